The molecule has 1 heterocycles. The molecule has 1 atom stereocenters. The Hall–Kier alpha value is -2.57. The number of amides is 1. The van der Waals surface area contributed by atoms with Gasteiger partial charge in [0.1, 0.15) is 11.6 Å². The molecule has 0 bridgehead atoms. The Morgan fingerprint density at radius 1 is 1.03 bits per heavy atom. The third-order valence-electron chi connectivity index (χ3n) is 4.64. The molecule has 0 saturated carbocycles. The molecule has 1 N–H and O–H groups in total. The van der Waals surface area contributed by atoms with Crippen molar-refractivity contribution in [3.63, 3.8) is 0 Å². The normalized spacial score (nSPS) is 12.8. The first-order valence-corrected chi connectivity index (χ1v) is 10.6. The van der Waals surface area contributed by atoms with Gasteiger partial charge in [-0.2, -0.15) is 13.2 Å². The molecule has 1 aromatic heterocycles. The topological polar surface area (TPSA) is 51.2 Å². The van der Waals surface area contributed by atoms with Gasteiger partial charge in [-0.3, -0.25) is 4.79 Å². The van der Waals surface area contributed by atoms with Crippen LogP contribution in [0.3, 0.4) is 0 Å². The SMILES string of the molecule is CC(C)CC(=O)Nc1cc(-c2ccc(OC[C@H](C)CC(C)C)c(C(F)(F)F)c2)ccn1. The molecule has 0 saturated heterocycles. The van der Waals surface area contributed by atoms with E-state index >= 15 is 0 Å². The first kappa shape index (κ1) is 24.7. The summed E-state index contributed by atoms with van der Waals surface area (Å²) in [7, 11) is 0. The van der Waals surface area contributed by atoms with E-state index in [1.807, 2.05) is 20.8 Å². The van der Waals surface area contributed by atoms with E-state index < -0.39 is 11.7 Å². The highest BCUT2D eigenvalue weighted by Gasteiger charge is 2.35. The second-order valence-electron chi connectivity index (χ2n) is 8.83. The molecular weight excluding hydrogens is 405 g/mol. The number of nitrogens with zero attached hydrogens (tertiary/aromatic N) is 1. The quantitative estimate of drug-likeness (QED) is 0.470. The van der Waals surface area contributed by atoms with Crippen LogP contribution in [-0.2, 0) is 11.0 Å². The largest absolute Gasteiger partial charge is 0.493 e. The lowest BCUT2D eigenvalue weighted by molar-refractivity contribution is -0.139. The van der Waals surface area contributed by atoms with Gasteiger partial charge < -0.3 is 10.1 Å². The molecule has 0 spiro atoms. The maximum atomic E-state index is 13.7. The highest BCUT2D eigenvalue weighted by atomic mass is 19.4. The van der Waals surface area contributed by atoms with E-state index in [0.717, 1.165) is 12.5 Å². The summed E-state index contributed by atoms with van der Waals surface area (Å²) < 4.78 is 46.6. The van der Waals surface area contributed by atoms with Gasteiger partial charge in [-0.1, -0.05) is 40.7 Å². The van der Waals surface area contributed by atoms with Gasteiger partial charge in [0.05, 0.1) is 12.2 Å². The maximum absolute atomic E-state index is 13.7. The molecule has 1 amide bonds. The summed E-state index contributed by atoms with van der Waals surface area (Å²) in [5.41, 5.74) is 0.0840. The summed E-state index contributed by atoms with van der Waals surface area (Å²) in [6.45, 7) is 10.2. The lowest BCUT2D eigenvalue weighted by Gasteiger charge is -2.19. The molecule has 0 radical (unpaired) electrons. The third kappa shape index (κ3) is 7.89. The Kier molecular flexibility index (Phi) is 8.48. The molecule has 1 aromatic carbocycles. The Balaban J connectivity index is 2.26. The molecule has 0 unspecified atom stereocenters. The molecule has 0 aliphatic rings. The van der Waals surface area contributed by atoms with Crippen molar-refractivity contribution in [1.82, 2.24) is 4.98 Å². The Morgan fingerprint density at radius 3 is 2.32 bits per heavy atom. The van der Waals surface area contributed by atoms with Crippen molar-refractivity contribution >= 4 is 11.7 Å². The van der Waals surface area contributed by atoms with Crippen LogP contribution in [0.5, 0.6) is 5.75 Å². The molecule has 0 aliphatic heterocycles. The van der Waals surface area contributed by atoms with Crippen molar-refractivity contribution in [2.45, 2.75) is 53.6 Å². The third-order valence-corrected chi connectivity index (χ3v) is 4.64. The van der Waals surface area contributed by atoms with Crippen LogP contribution in [0.25, 0.3) is 11.1 Å². The monoisotopic (exact) mass is 436 g/mol. The van der Waals surface area contributed by atoms with Crippen molar-refractivity contribution < 1.29 is 22.7 Å². The molecule has 0 aliphatic carbocycles. The number of pyridine rings is 1. The first-order valence-electron chi connectivity index (χ1n) is 10.6. The van der Waals surface area contributed by atoms with Crippen LogP contribution in [0.4, 0.5) is 19.0 Å². The number of alkyl halides is 3. The van der Waals surface area contributed by atoms with Crippen LogP contribution in [0.15, 0.2) is 36.5 Å². The van der Waals surface area contributed by atoms with Gasteiger partial charge in [0.2, 0.25) is 5.91 Å². The second-order valence-corrected chi connectivity index (χ2v) is 8.83. The van der Waals surface area contributed by atoms with Crippen molar-refractivity contribution in [2.24, 2.45) is 17.8 Å². The molecule has 4 nitrogen and oxygen atoms in total. The molecule has 170 valence electrons. The number of carbonyl (C=O) groups excluding carboxylic acids is 1. The maximum Gasteiger partial charge on any atom is 0.419 e. The summed E-state index contributed by atoms with van der Waals surface area (Å²) in [5.74, 6) is 0.733. The standard InChI is InChI=1S/C24H31F3N2O2/c1-15(2)10-17(5)14-31-21-7-6-18(12-20(21)24(25,26)27)19-8-9-28-22(13-19)29-23(30)11-16(3)4/h6-9,12-13,15-17H,10-11,14H2,1-5H3,(H,28,29,30)/t17-/m1/s1. The number of hydrogen-bond donors (Lipinski definition) is 1. The highest BCUT2D eigenvalue weighted by Crippen LogP contribution is 2.39. The smallest absolute Gasteiger partial charge is 0.419 e. The summed E-state index contributed by atoms with van der Waals surface area (Å²) in [6.07, 6.45) is -1.87. The number of aromatic nitrogens is 1. The second kappa shape index (κ2) is 10.6. The Morgan fingerprint density at radius 2 is 1.71 bits per heavy atom. The predicted molar refractivity (Wildman–Crippen MR) is 117 cm³/mol. The average molecular weight is 437 g/mol. The fourth-order valence-corrected chi connectivity index (χ4v) is 3.40. The summed E-state index contributed by atoms with van der Waals surface area (Å²) in [6, 6.07) is 7.21. The number of halogens is 3. The zero-order valence-corrected chi connectivity index (χ0v) is 18.7. The van der Waals surface area contributed by atoms with Gasteiger partial charge in [0, 0.05) is 12.6 Å². The van der Waals surface area contributed by atoms with E-state index in [4.69, 9.17) is 4.74 Å². The van der Waals surface area contributed by atoms with E-state index in [1.54, 1.807) is 18.2 Å². The molecule has 2 rings (SSSR count). The van der Waals surface area contributed by atoms with E-state index in [9.17, 15) is 18.0 Å². The number of hydrogen-bond acceptors (Lipinski definition) is 3. The molecule has 2 aromatic rings. The lowest BCUT2D eigenvalue weighted by atomic mass is 9.99. The van der Waals surface area contributed by atoms with Crippen LogP contribution in [-0.4, -0.2) is 17.5 Å². The van der Waals surface area contributed by atoms with Gasteiger partial charge >= 0.3 is 6.18 Å². The van der Waals surface area contributed by atoms with Crippen molar-refractivity contribution in [3.05, 3.63) is 42.1 Å². The van der Waals surface area contributed by atoms with E-state index in [0.29, 0.717) is 29.3 Å². The van der Waals surface area contributed by atoms with Gasteiger partial charge in [-0.25, -0.2) is 4.98 Å². The minimum atomic E-state index is -4.55. The lowest BCUT2D eigenvalue weighted by Crippen LogP contribution is -2.15. The zero-order chi connectivity index (χ0) is 23.2. The number of rotatable bonds is 9. The van der Waals surface area contributed by atoms with E-state index in [2.05, 4.69) is 24.1 Å². The van der Waals surface area contributed by atoms with Gasteiger partial charge in [0.15, 0.2) is 0 Å². The molecule has 7 heteroatoms. The summed E-state index contributed by atoms with van der Waals surface area (Å²) in [4.78, 5) is 16.1. The summed E-state index contributed by atoms with van der Waals surface area (Å²) in [5, 5.41) is 2.69. The molecular formula is C24H31F3N2O2. The average Bonchev–Trinajstić information content (AvgIpc) is 2.64. The van der Waals surface area contributed by atoms with Gasteiger partial charge in [-0.15, -0.1) is 0 Å². The zero-order valence-electron chi connectivity index (χ0n) is 18.7. The summed E-state index contributed by atoms with van der Waals surface area (Å²) >= 11 is 0. The molecule has 31 heavy (non-hydrogen) atoms. The van der Waals surface area contributed by atoms with Gasteiger partial charge in [0.25, 0.3) is 0 Å². The van der Waals surface area contributed by atoms with Crippen LogP contribution in [0.2, 0.25) is 0 Å². The van der Waals surface area contributed by atoms with Crippen LogP contribution in [0.1, 0.15) is 53.0 Å². The number of ether oxygens (including phenoxy) is 1. The molecule has 0 fully saturated rings. The predicted octanol–water partition coefficient (Wildman–Crippen LogP) is 6.81. The minimum Gasteiger partial charge on any atom is -0.493 e. The van der Waals surface area contributed by atoms with Crippen molar-refractivity contribution in [1.29, 1.82) is 0 Å². The van der Waals surface area contributed by atoms with E-state index in [1.165, 1.54) is 12.3 Å². The number of anilines is 1. The van der Waals surface area contributed by atoms with Crippen LogP contribution in [0, 0.1) is 17.8 Å². The fourth-order valence-electron chi connectivity index (χ4n) is 3.40. The van der Waals surface area contributed by atoms with Crippen molar-refractivity contribution in [3.8, 4) is 16.9 Å². The Bertz CT molecular complexity index is 879. The number of carbonyl (C=O) groups is 1. The number of nitrogens with one attached hydrogen (secondary N) is 1. The van der Waals surface area contributed by atoms with Crippen molar-refractivity contribution in [2.75, 3.05) is 11.9 Å². The minimum absolute atomic E-state index is 0.151. The fraction of sp³-hybridized carbons (Fsp3) is 0.500. The number of benzene rings is 1. The first-order chi connectivity index (χ1) is 14.5. The highest BCUT2D eigenvalue weighted by molar-refractivity contribution is 5.90. The van der Waals surface area contributed by atoms with Crippen LogP contribution >= 0.6 is 0 Å². The van der Waals surface area contributed by atoms with E-state index in [-0.39, 0.29) is 30.1 Å². The Labute approximate surface area is 182 Å². The van der Waals surface area contributed by atoms with Gasteiger partial charge in [-0.05, 0) is 59.6 Å². The van der Waals surface area contributed by atoms with Crippen LogP contribution < -0.4 is 10.1 Å².